The maximum Gasteiger partial charge on any atom is 0.329 e. The van der Waals surface area contributed by atoms with Crippen LogP contribution in [-0.2, 0) is 4.79 Å². The number of nitrogens with one attached hydrogen (secondary N) is 1. The zero-order chi connectivity index (χ0) is 14.2. The van der Waals surface area contributed by atoms with Crippen LogP contribution in [-0.4, -0.2) is 22.5 Å². The fraction of sp³-hybridized carbons (Fsp3) is 0.385. The minimum Gasteiger partial charge on any atom is -0.480 e. The van der Waals surface area contributed by atoms with Crippen LogP contribution >= 0.6 is 0 Å². The number of carbonyl (C=O) groups excluding carboxylic acids is 1. The van der Waals surface area contributed by atoms with Gasteiger partial charge in [-0.1, -0.05) is 6.07 Å². The van der Waals surface area contributed by atoms with Gasteiger partial charge in [-0.3, -0.25) is 4.79 Å². The summed E-state index contributed by atoms with van der Waals surface area (Å²) in [5.74, 6) is -4.49. The molecule has 2 rings (SSSR count). The summed E-state index contributed by atoms with van der Waals surface area (Å²) in [6.45, 7) is 1.35. The number of benzene rings is 1. The maximum atomic E-state index is 13.4. The van der Waals surface area contributed by atoms with Crippen molar-refractivity contribution in [2.75, 3.05) is 0 Å². The van der Waals surface area contributed by atoms with Crippen LogP contribution in [0.3, 0.4) is 0 Å². The van der Waals surface area contributed by atoms with Crippen LogP contribution in [0.25, 0.3) is 0 Å². The average Bonchev–Trinajstić information content (AvgIpc) is 3.12. The van der Waals surface area contributed by atoms with Gasteiger partial charge in [0.05, 0.1) is 0 Å². The lowest BCUT2D eigenvalue weighted by Gasteiger charge is -2.26. The molecule has 1 atom stereocenters. The molecule has 1 fully saturated rings. The van der Waals surface area contributed by atoms with Gasteiger partial charge in [-0.2, -0.15) is 0 Å². The minimum absolute atomic E-state index is 0.205. The van der Waals surface area contributed by atoms with Gasteiger partial charge in [-0.25, -0.2) is 13.6 Å². The Morgan fingerprint density at radius 3 is 2.26 bits per heavy atom. The molecule has 1 aromatic rings. The Morgan fingerprint density at radius 2 is 1.84 bits per heavy atom. The number of aliphatic carboxylic acids is 1. The van der Waals surface area contributed by atoms with Crippen molar-refractivity contribution in [1.82, 2.24) is 5.32 Å². The van der Waals surface area contributed by atoms with E-state index in [1.54, 1.807) is 0 Å². The van der Waals surface area contributed by atoms with Crippen LogP contribution in [0.5, 0.6) is 0 Å². The summed E-state index contributed by atoms with van der Waals surface area (Å²) >= 11 is 0. The van der Waals surface area contributed by atoms with Crippen LogP contribution in [0.1, 0.15) is 30.1 Å². The number of amides is 1. The highest BCUT2D eigenvalue weighted by atomic mass is 19.1. The first-order valence-electron chi connectivity index (χ1n) is 5.86. The first-order valence-corrected chi connectivity index (χ1v) is 5.86. The summed E-state index contributed by atoms with van der Waals surface area (Å²) in [6, 6.07) is 3.04. The Hall–Kier alpha value is -1.98. The Kier molecular flexibility index (Phi) is 3.26. The van der Waals surface area contributed by atoms with Crippen molar-refractivity contribution in [2.45, 2.75) is 25.3 Å². The van der Waals surface area contributed by atoms with E-state index in [0.29, 0.717) is 12.8 Å². The SMILES string of the molecule is CC(NC(=O)c1c(F)cccc1F)(C(=O)O)C1CC1. The molecule has 0 heterocycles. The zero-order valence-corrected chi connectivity index (χ0v) is 10.2. The molecular formula is C13H13F2NO3. The summed E-state index contributed by atoms with van der Waals surface area (Å²) in [7, 11) is 0. The van der Waals surface area contributed by atoms with Gasteiger partial charge in [0, 0.05) is 0 Å². The molecule has 6 heteroatoms. The topological polar surface area (TPSA) is 66.4 Å². The molecule has 0 spiro atoms. The lowest BCUT2D eigenvalue weighted by Crippen LogP contribution is -2.54. The lowest BCUT2D eigenvalue weighted by atomic mass is 9.95. The van der Waals surface area contributed by atoms with Crippen LogP contribution in [0.4, 0.5) is 8.78 Å². The third-order valence-corrected chi connectivity index (χ3v) is 3.40. The van der Waals surface area contributed by atoms with Gasteiger partial charge < -0.3 is 10.4 Å². The fourth-order valence-corrected chi connectivity index (χ4v) is 2.00. The van der Waals surface area contributed by atoms with E-state index in [1.165, 1.54) is 6.92 Å². The summed E-state index contributed by atoms with van der Waals surface area (Å²) in [5, 5.41) is 11.4. The second-order valence-corrected chi connectivity index (χ2v) is 4.83. The molecular weight excluding hydrogens is 256 g/mol. The largest absolute Gasteiger partial charge is 0.480 e. The molecule has 2 N–H and O–H groups in total. The third kappa shape index (κ3) is 2.43. The van der Waals surface area contributed by atoms with Crippen molar-refractivity contribution in [1.29, 1.82) is 0 Å². The van der Waals surface area contributed by atoms with E-state index in [9.17, 15) is 23.5 Å². The van der Waals surface area contributed by atoms with Crippen molar-refractivity contribution in [3.63, 3.8) is 0 Å². The molecule has 0 aromatic heterocycles. The molecule has 1 aliphatic carbocycles. The van der Waals surface area contributed by atoms with Gasteiger partial charge in [0.1, 0.15) is 22.7 Å². The Bertz CT molecular complexity index is 522. The number of hydrogen-bond donors (Lipinski definition) is 2. The van der Waals surface area contributed by atoms with Gasteiger partial charge >= 0.3 is 5.97 Å². The van der Waals surface area contributed by atoms with Gasteiger partial charge in [0.2, 0.25) is 0 Å². The maximum absolute atomic E-state index is 13.4. The van der Waals surface area contributed by atoms with Gasteiger partial charge in [-0.05, 0) is 37.8 Å². The average molecular weight is 269 g/mol. The smallest absolute Gasteiger partial charge is 0.329 e. The van der Waals surface area contributed by atoms with E-state index >= 15 is 0 Å². The van der Waals surface area contributed by atoms with Crippen molar-refractivity contribution >= 4 is 11.9 Å². The van der Waals surface area contributed by atoms with Crippen LogP contribution < -0.4 is 5.32 Å². The van der Waals surface area contributed by atoms with Crippen molar-refractivity contribution in [3.05, 3.63) is 35.4 Å². The molecule has 0 aliphatic heterocycles. The standard InChI is InChI=1S/C13H13F2NO3/c1-13(12(18)19,7-5-6-7)16-11(17)10-8(14)3-2-4-9(10)15/h2-4,7H,5-6H2,1H3,(H,16,17)(H,18,19). The molecule has 1 aliphatic rings. The predicted molar refractivity (Wildman–Crippen MR) is 62.6 cm³/mol. The predicted octanol–water partition coefficient (Wildman–Crippen LogP) is 1.95. The van der Waals surface area contributed by atoms with E-state index in [0.717, 1.165) is 18.2 Å². The molecule has 0 radical (unpaired) electrons. The van der Waals surface area contributed by atoms with E-state index in [1.807, 2.05) is 0 Å². The summed E-state index contributed by atoms with van der Waals surface area (Å²) in [6.07, 6.45) is 1.34. The summed E-state index contributed by atoms with van der Waals surface area (Å²) in [4.78, 5) is 23.1. The van der Waals surface area contributed by atoms with Crippen LogP contribution in [0.15, 0.2) is 18.2 Å². The van der Waals surface area contributed by atoms with Crippen molar-refractivity contribution in [2.24, 2.45) is 5.92 Å². The van der Waals surface area contributed by atoms with Gasteiger partial charge in [0.25, 0.3) is 5.91 Å². The third-order valence-electron chi connectivity index (χ3n) is 3.40. The van der Waals surface area contributed by atoms with E-state index in [2.05, 4.69) is 5.32 Å². The minimum atomic E-state index is -1.49. The van der Waals surface area contributed by atoms with E-state index in [-0.39, 0.29) is 5.92 Å². The van der Waals surface area contributed by atoms with Crippen LogP contribution in [0.2, 0.25) is 0 Å². The quantitative estimate of drug-likeness (QED) is 0.878. The molecule has 4 nitrogen and oxygen atoms in total. The Labute approximate surface area is 108 Å². The van der Waals surface area contributed by atoms with Crippen LogP contribution in [0, 0.1) is 17.6 Å². The lowest BCUT2D eigenvalue weighted by molar-refractivity contribution is -0.144. The molecule has 1 aromatic carbocycles. The second-order valence-electron chi connectivity index (χ2n) is 4.83. The van der Waals surface area contributed by atoms with Gasteiger partial charge in [-0.15, -0.1) is 0 Å². The monoisotopic (exact) mass is 269 g/mol. The summed E-state index contributed by atoms with van der Waals surface area (Å²) in [5.41, 5.74) is -2.25. The molecule has 0 bridgehead atoms. The van der Waals surface area contributed by atoms with Crippen molar-refractivity contribution < 1.29 is 23.5 Å². The highest BCUT2D eigenvalue weighted by Crippen LogP contribution is 2.40. The van der Waals surface area contributed by atoms with Crippen molar-refractivity contribution in [3.8, 4) is 0 Å². The highest BCUT2D eigenvalue weighted by molar-refractivity contribution is 5.98. The first kappa shape index (κ1) is 13.5. The molecule has 19 heavy (non-hydrogen) atoms. The number of hydrogen-bond acceptors (Lipinski definition) is 2. The second kappa shape index (κ2) is 4.60. The van der Waals surface area contributed by atoms with E-state index < -0.39 is 34.6 Å². The number of carbonyl (C=O) groups is 2. The zero-order valence-electron chi connectivity index (χ0n) is 10.2. The van der Waals surface area contributed by atoms with E-state index in [4.69, 9.17) is 0 Å². The number of halogens is 2. The molecule has 0 saturated heterocycles. The Morgan fingerprint density at radius 1 is 1.32 bits per heavy atom. The number of carboxylic acid groups (broad SMARTS) is 1. The fourth-order valence-electron chi connectivity index (χ4n) is 2.00. The first-order chi connectivity index (χ1) is 8.86. The summed E-state index contributed by atoms with van der Waals surface area (Å²) < 4.78 is 26.9. The molecule has 1 unspecified atom stereocenters. The van der Waals surface area contributed by atoms with Gasteiger partial charge in [0.15, 0.2) is 0 Å². The number of rotatable bonds is 4. The molecule has 1 saturated carbocycles. The molecule has 102 valence electrons. The molecule has 1 amide bonds. The normalized spacial score (nSPS) is 17.6. The number of carboxylic acids is 1. The highest BCUT2D eigenvalue weighted by Gasteiger charge is 2.49. The Balaban J connectivity index is 2.28.